The number of halogens is 4. The summed E-state index contributed by atoms with van der Waals surface area (Å²) in [5.41, 5.74) is 1.06. The van der Waals surface area contributed by atoms with Crippen molar-refractivity contribution in [2.75, 3.05) is 4.90 Å². The Kier molecular flexibility index (Phi) is 5.19. The summed E-state index contributed by atoms with van der Waals surface area (Å²) in [4.78, 5) is 19.2. The molecule has 1 saturated heterocycles. The van der Waals surface area contributed by atoms with Crippen LogP contribution in [0.3, 0.4) is 0 Å². The second-order valence-electron chi connectivity index (χ2n) is 8.71. The van der Waals surface area contributed by atoms with Crippen molar-refractivity contribution >= 4 is 23.3 Å². The lowest BCUT2D eigenvalue weighted by molar-refractivity contribution is -0.137. The maximum atomic E-state index is 13.5. The van der Waals surface area contributed by atoms with Crippen LogP contribution in [0.15, 0.2) is 36.4 Å². The van der Waals surface area contributed by atoms with Crippen LogP contribution in [0.5, 0.6) is 0 Å². The topological polar surface area (TPSA) is 63.9 Å². The number of hydrogen-bond donors (Lipinski definition) is 0. The molecule has 5 rings (SSSR count). The van der Waals surface area contributed by atoms with Gasteiger partial charge in [0.05, 0.1) is 11.3 Å². The summed E-state index contributed by atoms with van der Waals surface area (Å²) in [5.74, 6) is -0.249. The third-order valence-corrected chi connectivity index (χ3v) is 6.74. The number of aromatic nitrogens is 4. The number of amides is 1. The van der Waals surface area contributed by atoms with Crippen LogP contribution in [-0.2, 0) is 11.0 Å². The highest BCUT2D eigenvalue weighted by atomic mass is 35.5. The highest BCUT2D eigenvalue weighted by Gasteiger charge is 2.54. The Hall–Kier alpha value is -2.94. The first-order chi connectivity index (χ1) is 15.6. The van der Waals surface area contributed by atoms with Crippen LogP contribution in [0, 0.1) is 25.7 Å². The van der Waals surface area contributed by atoms with E-state index in [0.29, 0.717) is 12.2 Å². The molecule has 0 spiro atoms. The van der Waals surface area contributed by atoms with Crippen molar-refractivity contribution in [3.05, 3.63) is 64.3 Å². The summed E-state index contributed by atoms with van der Waals surface area (Å²) < 4.78 is 42.3. The number of alkyl halides is 3. The molecule has 1 amide bonds. The van der Waals surface area contributed by atoms with Gasteiger partial charge in [0.2, 0.25) is 11.2 Å². The highest BCUT2D eigenvalue weighted by molar-refractivity contribution is 6.28. The molecule has 0 bridgehead atoms. The molecular formula is C23H21ClF3N5O. The van der Waals surface area contributed by atoms with E-state index in [0.717, 1.165) is 36.2 Å². The quantitative estimate of drug-likeness (QED) is 0.505. The molecule has 0 N–H and O–H groups in total. The van der Waals surface area contributed by atoms with Gasteiger partial charge < -0.3 is 0 Å². The van der Waals surface area contributed by atoms with Crippen LogP contribution in [0.4, 0.5) is 19.0 Å². The fourth-order valence-corrected chi connectivity index (χ4v) is 5.38. The van der Waals surface area contributed by atoms with E-state index in [4.69, 9.17) is 11.6 Å². The number of hydrogen-bond acceptors (Lipinski definition) is 4. The Morgan fingerprint density at radius 3 is 2.61 bits per heavy atom. The van der Waals surface area contributed by atoms with Crippen molar-refractivity contribution in [1.29, 1.82) is 0 Å². The number of nitrogens with zero attached hydrogens (tertiary/aromatic N) is 5. The van der Waals surface area contributed by atoms with E-state index in [-0.39, 0.29) is 34.5 Å². The maximum Gasteiger partial charge on any atom is 0.416 e. The van der Waals surface area contributed by atoms with Gasteiger partial charge in [-0.05, 0) is 74.0 Å². The monoisotopic (exact) mass is 475 g/mol. The number of pyridine rings is 1. The summed E-state index contributed by atoms with van der Waals surface area (Å²) in [5, 5.41) is 8.48. The SMILES string of the molecule is Cc1cccc(-n2c(Cl)nnc2[C@@H]2[C@H]3CCC[C@H]3C(=O)N2c2cc(C(F)(F)F)cc(C)n2)c1. The Morgan fingerprint density at radius 2 is 1.88 bits per heavy atom. The van der Waals surface area contributed by atoms with Crippen molar-refractivity contribution in [2.45, 2.75) is 45.3 Å². The van der Waals surface area contributed by atoms with Crippen LogP contribution in [0.1, 0.15) is 47.9 Å². The Balaban J connectivity index is 1.69. The first kappa shape index (κ1) is 21.9. The molecule has 2 fully saturated rings. The molecule has 1 aliphatic carbocycles. The van der Waals surface area contributed by atoms with Crippen LogP contribution in [-0.4, -0.2) is 25.7 Å². The van der Waals surface area contributed by atoms with Gasteiger partial charge in [-0.1, -0.05) is 18.6 Å². The minimum Gasteiger partial charge on any atom is -0.285 e. The van der Waals surface area contributed by atoms with E-state index in [1.807, 2.05) is 31.2 Å². The minimum atomic E-state index is -4.55. The third kappa shape index (κ3) is 3.68. The molecule has 2 aliphatic rings. The van der Waals surface area contributed by atoms with Crippen LogP contribution in [0.2, 0.25) is 5.28 Å². The molecule has 10 heteroatoms. The first-order valence-corrected chi connectivity index (χ1v) is 11.1. The molecule has 1 aliphatic heterocycles. The molecule has 0 unspecified atom stereocenters. The lowest BCUT2D eigenvalue weighted by Crippen LogP contribution is -2.33. The lowest BCUT2D eigenvalue weighted by atomic mass is 9.93. The number of benzene rings is 1. The van der Waals surface area contributed by atoms with Crippen LogP contribution >= 0.6 is 11.6 Å². The largest absolute Gasteiger partial charge is 0.416 e. The predicted molar refractivity (Wildman–Crippen MR) is 116 cm³/mol. The average molecular weight is 476 g/mol. The van der Waals surface area contributed by atoms with Crippen LogP contribution in [0.25, 0.3) is 5.69 Å². The van der Waals surface area contributed by atoms with E-state index in [2.05, 4.69) is 15.2 Å². The molecule has 1 aromatic carbocycles. The fourth-order valence-electron chi connectivity index (χ4n) is 5.15. The molecule has 6 nitrogen and oxygen atoms in total. The second kappa shape index (κ2) is 7.83. The first-order valence-electron chi connectivity index (χ1n) is 10.7. The zero-order valence-corrected chi connectivity index (χ0v) is 18.7. The molecule has 3 atom stereocenters. The van der Waals surface area contributed by atoms with Gasteiger partial charge in [0, 0.05) is 11.6 Å². The number of fused-ring (bicyclic) bond motifs is 1. The van der Waals surface area contributed by atoms with Gasteiger partial charge in [-0.15, -0.1) is 10.2 Å². The van der Waals surface area contributed by atoms with Crippen molar-refractivity contribution in [3.63, 3.8) is 0 Å². The summed E-state index contributed by atoms with van der Waals surface area (Å²) in [6.45, 7) is 3.43. The average Bonchev–Trinajstić information content (AvgIpc) is 3.42. The summed E-state index contributed by atoms with van der Waals surface area (Å²) in [6.07, 6.45) is -2.25. The molecule has 0 radical (unpaired) electrons. The van der Waals surface area contributed by atoms with Gasteiger partial charge in [0.25, 0.3) is 0 Å². The predicted octanol–water partition coefficient (Wildman–Crippen LogP) is 5.46. The molecular weight excluding hydrogens is 455 g/mol. The third-order valence-electron chi connectivity index (χ3n) is 6.49. The summed E-state index contributed by atoms with van der Waals surface area (Å²) in [7, 11) is 0. The van der Waals surface area contributed by atoms with Crippen LogP contribution < -0.4 is 4.90 Å². The van der Waals surface area contributed by atoms with Crippen molar-refractivity contribution in [1.82, 2.24) is 19.7 Å². The fraction of sp³-hybridized carbons (Fsp3) is 0.391. The standard InChI is InChI=1S/C23H21ClF3N5O/c1-12-5-3-6-15(9-12)31-20(29-30-22(31)24)19-16-7-4-8-17(16)21(33)32(19)18-11-14(23(25,26)27)10-13(2)28-18/h3,5-6,9-11,16-17,19H,4,7-8H2,1-2H3/t16-,17+,19-/m0/s1. The Bertz CT molecular complexity index is 1240. The van der Waals surface area contributed by atoms with E-state index in [1.54, 1.807) is 4.57 Å². The Morgan fingerprint density at radius 1 is 1.09 bits per heavy atom. The van der Waals surface area contributed by atoms with Gasteiger partial charge in [0.15, 0.2) is 5.82 Å². The van der Waals surface area contributed by atoms with E-state index >= 15 is 0 Å². The minimum absolute atomic E-state index is 0.0263. The van der Waals surface area contributed by atoms with Gasteiger partial charge in [0.1, 0.15) is 11.9 Å². The normalized spacial score (nSPS) is 22.8. The van der Waals surface area contributed by atoms with Gasteiger partial charge in [-0.2, -0.15) is 13.2 Å². The molecule has 172 valence electrons. The maximum absolute atomic E-state index is 13.5. The van der Waals surface area contributed by atoms with Gasteiger partial charge >= 0.3 is 6.18 Å². The zero-order chi connectivity index (χ0) is 23.5. The smallest absolute Gasteiger partial charge is 0.285 e. The number of carbonyl (C=O) groups is 1. The summed E-state index contributed by atoms with van der Waals surface area (Å²) in [6, 6.07) is 8.87. The molecule has 1 saturated carbocycles. The second-order valence-corrected chi connectivity index (χ2v) is 9.05. The van der Waals surface area contributed by atoms with Gasteiger partial charge in [-0.3, -0.25) is 14.3 Å². The highest BCUT2D eigenvalue weighted by Crippen LogP contribution is 2.52. The van der Waals surface area contributed by atoms with Crippen molar-refractivity contribution in [2.24, 2.45) is 11.8 Å². The molecule has 2 aromatic heterocycles. The molecule has 3 heterocycles. The van der Waals surface area contributed by atoms with E-state index < -0.39 is 17.8 Å². The summed E-state index contributed by atoms with van der Waals surface area (Å²) >= 11 is 6.42. The van der Waals surface area contributed by atoms with Crippen molar-refractivity contribution in [3.8, 4) is 5.69 Å². The number of rotatable bonds is 3. The number of aryl methyl sites for hydroxylation is 2. The zero-order valence-electron chi connectivity index (χ0n) is 18.0. The number of anilines is 1. The number of carbonyl (C=O) groups excluding carboxylic acids is 1. The van der Waals surface area contributed by atoms with Crippen molar-refractivity contribution < 1.29 is 18.0 Å². The van der Waals surface area contributed by atoms with E-state index in [1.165, 1.54) is 11.8 Å². The molecule has 33 heavy (non-hydrogen) atoms. The van der Waals surface area contributed by atoms with Gasteiger partial charge in [-0.25, -0.2) is 4.98 Å². The molecule has 3 aromatic rings. The van der Waals surface area contributed by atoms with E-state index in [9.17, 15) is 18.0 Å². The Labute approximate surface area is 193 Å². The lowest BCUT2D eigenvalue weighted by Gasteiger charge is -2.27.